The monoisotopic (exact) mass is 544 g/mol. The molecule has 5 atom stereocenters. The summed E-state index contributed by atoms with van der Waals surface area (Å²) in [6.45, 7) is 1.54. The number of halogens is 5. The summed E-state index contributed by atoms with van der Waals surface area (Å²) in [5, 5.41) is 18.9. The topological polar surface area (TPSA) is 144 Å². The maximum absolute atomic E-state index is 14.6. The minimum absolute atomic E-state index is 0.0670. The number of hydrogen-bond acceptors (Lipinski definition) is 7. The van der Waals surface area contributed by atoms with Crippen molar-refractivity contribution >= 4 is 16.9 Å². The maximum atomic E-state index is 14.6. The van der Waals surface area contributed by atoms with Crippen molar-refractivity contribution in [3.8, 4) is 5.75 Å². The first-order chi connectivity index (χ1) is 17.7. The number of carbonyl (C=O) groups is 1. The molecule has 3 heterocycles. The number of aromatic nitrogens is 3. The van der Waals surface area contributed by atoms with Crippen LogP contribution in [0.25, 0.3) is 11.0 Å². The van der Waals surface area contributed by atoms with Crippen LogP contribution in [-0.2, 0) is 11.2 Å². The third kappa shape index (κ3) is 4.46. The van der Waals surface area contributed by atoms with Gasteiger partial charge in [-0.05, 0) is 19.1 Å². The third-order valence-corrected chi connectivity index (χ3v) is 7.01. The molecule has 38 heavy (non-hydrogen) atoms. The molecule has 1 saturated heterocycles. The molecule has 5 N–H and O–H groups in total. The van der Waals surface area contributed by atoms with E-state index in [1.807, 2.05) is 0 Å². The molecule has 0 aliphatic carbocycles. The summed E-state index contributed by atoms with van der Waals surface area (Å²) in [6.07, 6.45) is -7.68. The van der Waals surface area contributed by atoms with E-state index in [1.165, 1.54) is 13.0 Å². The summed E-state index contributed by atoms with van der Waals surface area (Å²) in [4.78, 5) is 23.3. The molecule has 1 amide bonds. The number of aromatic amines is 1. The van der Waals surface area contributed by atoms with Gasteiger partial charge in [-0.15, -0.1) is 0 Å². The van der Waals surface area contributed by atoms with Gasteiger partial charge < -0.3 is 30.4 Å². The first-order valence-corrected chi connectivity index (χ1v) is 11.5. The van der Waals surface area contributed by atoms with Gasteiger partial charge in [-0.25, -0.2) is 14.4 Å². The Morgan fingerprint density at radius 2 is 2.00 bits per heavy atom. The quantitative estimate of drug-likeness (QED) is 0.335. The zero-order chi connectivity index (χ0) is 28.2. The van der Waals surface area contributed by atoms with E-state index in [4.69, 9.17) is 20.3 Å². The van der Waals surface area contributed by atoms with E-state index < -0.39 is 65.7 Å². The van der Waals surface area contributed by atoms with Gasteiger partial charge in [0.25, 0.3) is 5.91 Å². The van der Waals surface area contributed by atoms with Crippen LogP contribution < -0.4 is 10.5 Å². The minimum Gasteiger partial charge on any atom is -0.493 e. The summed E-state index contributed by atoms with van der Waals surface area (Å²) < 4.78 is 81.9. The molecular formula is C24H25F5N4O5. The number of amides is 1. The molecule has 0 saturated carbocycles. The van der Waals surface area contributed by atoms with Crippen LogP contribution >= 0.6 is 0 Å². The Hall–Kier alpha value is -3.36. The molecule has 1 fully saturated rings. The first kappa shape index (κ1) is 27.7. The Morgan fingerprint density at radius 3 is 2.58 bits per heavy atom. The number of fused-ring (bicyclic) bond motifs is 1. The lowest BCUT2D eigenvalue weighted by Crippen LogP contribution is -2.46. The Morgan fingerprint density at radius 1 is 1.32 bits per heavy atom. The van der Waals surface area contributed by atoms with Gasteiger partial charge in [-0.2, -0.15) is 17.6 Å². The van der Waals surface area contributed by atoms with Gasteiger partial charge in [-0.3, -0.25) is 4.79 Å². The number of methoxy groups -OCH3 is 1. The van der Waals surface area contributed by atoms with E-state index in [0.717, 1.165) is 26.2 Å². The first-order valence-electron chi connectivity index (χ1n) is 11.5. The molecule has 2 aromatic heterocycles. The summed E-state index contributed by atoms with van der Waals surface area (Å²) in [6, 6.07) is 3.31. The molecule has 206 valence electrons. The normalized spacial score (nSPS) is 24.6. The molecular weight excluding hydrogens is 519 g/mol. The number of benzene rings is 1. The molecule has 0 spiro atoms. The van der Waals surface area contributed by atoms with Crippen LogP contribution in [-0.4, -0.2) is 62.7 Å². The fourth-order valence-corrected chi connectivity index (χ4v) is 4.85. The summed E-state index contributed by atoms with van der Waals surface area (Å²) in [5.74, 6) is -6.89. The number of primary amides is 1. The molecule has 14 heteroatoms. The highest BCUT2D eigenvalue weighted by molar-refractivity contribution is 6.02. The number of H-pyrrole nitrogens is 1. The molecule has 3 aromatic rings. The van der Waals surface area contributed by atoms with Crippen molar-refractivity contribution in [3.05, 3.63) is 52.6 Å². The highest BCUT2D eigenvalue weighted by atomic mass is 19.4. The Balaban J connectivity index is 1.92. The number of nitrogens with zero attached hydrogens (tertiary/aromatic N) is 2. The zero-order valence-electron chi connectivity index (χ0n) is 20.4. The largest absolute Gasteiger partial charge is 0.493 e. The van der Waals surface area contributed by atoms with Gasteiger partial charge in [0.2, 0.25) is 5.82 Å². The standard InChI is InChI=1S/C24H25F5N4O5/c1-9-15(12-4-5-13(25)16(26)19(12)37-3)20(38-23(9,2)24(27,28)29)22-32-14-7-10(6-11(35)8-34)31-18(21(30)36)17(14)33-22/h4-5,7,9,11,15,20,34-35H,6,8H2,1-3H3,(H2,30,36)(H,32,33)/t9-,11+,15-,20+,23+/m0/s1. The van der Waals surface area contributed by atoms with E-state index >= 15 is 0 Å². The molecule has 1 aromatic carbocycles. The van der Waals surface area contributed by atoms with Gasteiger partial charge in [-0.1, -0.05) is 13.0 Å². The molecule has 0 radical (unpaired) electrons. The van der Waals surface area contributed by atoms with Crippen molar-refractivity contribution in [1.29, 1.82) is 0 Å². The fourth-order valence-electron chi connectivity index (χ4n) is 4.85. The zero-order valence-corrected chi connectivity index (χ0v) is 20.4. The predicted octanol–water partition coefficient (Wildman–Crippen LogP) is 3.05. The predicted molar refractivity (Wildman–Crippen MR) is 122 cm³/mol. The Labute approximate surface area is 212 Å². The van der Waals surface area contributed by atoms with Crippen LogP contribution in [0.5, 0.6) is 5.75 Å². The number of pyridine rings is 1. The van der Waals surface area contributed by atoms with E-state index in [1.54, 1.807) is 0 Å². The highest BCUT2D eigenvalue weighted by Gasteiger charge is 2.65. The van der Waals surface area contributed by atoms with Crippen LogP contribution in [0.15, 0.2) is 18.2 Å². The molecule has 9 nitrogen and oxygen atoms in total. The van der Waals surface area contributed by atoms with Crippen molar-refractivity contribution in [2.45, 2.75) is 50.2 Å². The van der Waals surface area contributed by atoms with Gasteiger partial charge in [0.05, 0.1) is 25.3 Å². The van der Waals surface area contributed by atoms with E-state index in [2.05, 4.69) is 15.0 Å². The number of hydrogen-bond donors (Lipinski definition) is 4. The van der Waals surface area contributed by atoms with E-state index in [9.17, 15) is 31.9 Å². The number of imidazole rings is 1. The van der Waals surface area contributed by atoms with Crippen LogP contribution in [0.3, 0.4) is 0 Å². The smallest absolute Gasteiger partial charge is 0.417 e. The number of carbonyl (C=O) groups excluding carboxylic acids is 1. The van der Waals surface area contributed by atoms with E-state index in [-0.39, 0.29) is 40.2 Å². The summed E-state index contributed by atoms with van der Waals surface area (Å²) in [7, 11) is 1.06. The number of alkyl halides is 3. The number of ether oxygens (including phenoxy) is 2. The van der Waals surface area contributed by atoms with Gasteiger partial charge in [0.1, 0.15) is 17.4 Å². The second-order valence-corrected chi connectivity index (χ2v) is 9.33. The molecule has 1 aliphatic rings. The molecule has 1 aliphatic heterocycles. The lowest BCUT2D eigenvalue weighted by molar-refractivity contribution is -0.275. The van der Waals surface area contributed by atoms with Gasteiger partial charge in [0.15, 0.2) is 22.9 Å². The molecule has 0 bridgehead atoms. The summed E-state index contributed by atoms with van der Waals surface area (Å²) >= 11 is 0. The van der Waals surface area contributed by atoms with Crippen molar-refractivity contribution in [2.24, 2.45) is 11.7 Å². The number of nitrogens with one attached hydrogen (secondary N) is 1. The fraction of sp³-hybridized carbons (Fsp3) is 0.458. The van der Waals surface area contributed by atoms with Crippen LogP contribution in [0, 0.1) is 17.6 Å². The second-order valence-electron chi connectivity index (χ2n) is 9.33. The Bertz CT molecular complexity index is 1380. The number of nitrogens with two attached hydrogens (primary N) is 1. The minimum atomic E-state index is -4.86. The van der Waals surface area contributed by atoms with Gasteiger partial charge in [0, 0.05) is 29.5 Å². The van der Waals surface area contributed by atoms with Crippen molar-refractivity contribution in [1.82, 2.24) is 15.0 Å². The molecule has 0 unspecified atom stereocenters. The average Bonchev–Trinajstić information content (AvgIpc) is 3.39. The summed E-state index contributed by atoms with van der Waals surface area (Å²) in [5.41, 5.74) is 2.56. The van der Waals surface area contributed by atoms with E-state index in [0.29, 0.717) is 0 Å². The lowest BCUT2D eigenvalue weighted by atomic mass is 9.77. The number of rotatable bonds is 7. The molecule has 4 rings (SSSR count). The average molecular weight is 544 g/mol. The second kappa shape index (κ2) is 9.75. The number of aliphatic hydroxyl groups excluding tert-OH is 2. The highest BCUT2D eigenvalue weighted by Crippen LogP contribution is 2.59. The third-order valence-electron chi connectivity index (χ3n) is 7.01. The maximum Gasteiger partial charge on any atom is 0.417 e. The van der Waals surface area contributed by atoms with Gasteiger partial charge >= 0.3 is 6.18 Å². The van der Waals surface area contributed by atoms with Crippen LogP contribution in [0.4, 0.5) is 22.0 Å². The van der Waals surface area contributed by atoms with Crippen molar-refractivity contribution < 1.29 is 46.4 Å². The SMILES string of the molecule is COc1c([C@H]2[C@H](c3nc4c(C(N)=O)nc(C[C@@H](O)CO)cc4[nH]3)O[C@@](C)(C(F)(F)F)[C@H]2C)ccc(F)c1F. The van der Waals surface area contributed by atoms with Crippen LogP contribution in [0.2, 0.25) is 0 Å². The lowest BCUT2D eigenvalue weighted by Gasteiger charge is -2.32. The Kier molecular flexibility index (Phi) is 7.10. The van der Waals surface area contributed by atoms with Crippen molar-refractivity contribution in [3.63, 3.8) is 0 Å². The van der Waals surface area contributed by atoms with Crippen molar-refractivity contribution in [2.75, 3.05) is 13.7 Å². The number of aliphatic hydroxyl groups is 2. The van der Waals surface area contributed by atoms with Crippen LogP contribution in [0.1, 0.15) is 53.4 Å².